The minimum absolute atomic E-state index is 0.141. The Labute approximate surface area is 81.3 Å². The Morgan fingerprint density at radius 3 is 2.79 bits per heavy atom. The highest BCUT2D eigenvalue weighted by Crippen LogP contribution is 2.29. The molecule has 1 aliphatic rings. The van der Waals surface area contributed by atoms with Crippen molar-refractivity contribution >= 4 is 5.69 Å². The molecule has 0 aliphatic heterocycles. The molecule has 0 saturated carbocycles. The van der Waals surface area contributed by atoms with Crippen LogP contribution >= 0.6 is 0 Å². The van der Waals surface area contributed by atoms with Crippen molar-refractivity contribution in [2.45, 2.75) is 12.8 Å². The van der Waals surface area contributed by atoms with E-state index in [1.54, 1.807) is 12.1 Å². The van der Waals surface area contributed by atoms with Crippen LogP contribution in [0.3, 0.4) is 0 Å². The van der Waals surface area contributed by atoms with E-state index in [0.717, 1.165) is 24.0 Å². The lowest BCUT2D eigenvalue weighted by Crippen LogP contribution is -2.04. The molecule has 0 amide bonds. The zero-order valence-corrected chi connectivity index (χ0v) is 7.64. The number of nitro groups is 1. The number of nitro benzene ring substituents is 1. The Kier molecular flexibility index (Phi) is 2.21. The monoisotopic (exact) mass is 193 g/mol. The molecular formula is C10H11NO3. The minimum atomic E-state index is -0.382. The Bertz CT molecular complexity index is 376. The fraction of sp³-hybridized carbons (Fsp3) is 0.400. The number of nitrogens with zero attached hydrogens (tertiary/aromatic N) is 1. The molecule has 1 aromatic carbocycles. The Morgan fingerprint density at radius 2 is 2.14 bits per heavy atom. The SMILES string of the molecule is O=[N+]([O-])c1ccc2c(c1)CC(CO)C2. The molecule has 0 fully saturated rings. The molecule has 0 bridgehead atoms. The number of hydrogen-bond donors (Lipinski definition) is 1. The average Bonchev–Trinajstić information content (AvgIpc) is 2.58. The normalized spacial score (nSPS) is 19.4. The van der Waals surface area contributed by atoms with Crippen LogP contribution in [0.4, 0.5) is 5.69 Å². The number of rotatable bonds is 2. The molecule has 74 valence electrons. The van der Waals surface area contributed by atoms with Crippen molar-refractivity contribution in [2.75, 3.05) is 6.61 Å². The summed E-state index contributed by atoms with van der Waals surface area (Å²) in [6, 6.07) is 4.94. The van der Waals surface area contributed by atoms with Crippen LogP contribution in [0.15, 0.2) is 18.2 Å². The molecule has 4 nitrogen and oxygen atoms in total. The van der Waals surface area contributed by atoms with Crippen LogP contribution in [-0.2, 0) is 12.8 Å². The second kappa shape index (κ2) is 3.38. The van der Waals surface area contributed by atoms with Crippen LogP contribution in [0.5, 0.6) is 0 Å². The highest BCUT2D eigenvalue weighted by molar-refractivity contribution is 5.42. The molecule has 1 atom stereocenters. The molecule has 1 N–H and O–H groups in total. The molecule has 2 rings (SSSR count). The maximum atomic E-state index is 10.5. The first kappa shape index (κ1) is 9.15. The topological polar surface area (TPSA) is 63.4 Å². The van der Waals surface area contributed by atoms with Crippen LogP contribution < -0.4 is 0 Å². The summed E-state index contributed by atoms with van der Waals surface area (Å²) in [5.74, 6) is 0.243. The van der Waals surface area contributed by atoms with Crippen molar-refractivity contribution in [3.63, 3.8) is 0 Å². The summed E-state index contributed by atoms with van der Waals surface area (Å²) in [4.78, 5) is 10.1. The number of benzene rings is 1. The Balaban J connectivity index is 2.31. The van der Waals surface area contributed by atoms with Crippen LogP contribution in [0.2, 0.25) is 0 Å². The maximum absolute atomic E-state index is 10.5. The molecular weight excluding hydrogens is 182 g/mol. The molecule has 1 aliphatic carbocycles. The first-order valence-electron chi connectivity index (χ1n) is 4.57. The fourth-order valence-electron chi connectivity index (χ4n) is 1.94. The van der Waals surface area contributed by atoms with E-state index in [2.05, 4.69) is 0 Å². The summed E-state index contributed by atoms with van der Waals surface area (Å²) < 4.78 is 0. The van der Waals surface area contributed by atoms with Gasteiger partial charge in [-0.3, -0.25) is 10.1 Å². The summed E-state index contributed by atoms with van der Waals surface area (Å²) in [5, 5.41) is 19.5. The van der Waals surface area contributed by atoms with Gasteiger partial charge in [-0.1, -0.05) is 6.07 Å². The third-order valence-electron chi connectivity index (χ3n) is 2.68. The van der Waals surface area contributed by atoms with E-state index in [4.69, 9.17) is 5.11 Å². The zero-order valence-electron chi connectivity index (χ0n) is 7.64. The number of aliphatic hydroxyl groups excluding tert-OH is 1. The van der Waals surface area contributed by atoms with Crippen molar-refractivity contribution in [1.29, 1.82) is 0 Å². The second-order valence-corrected chi connectivity index (χ2v) is 3.67. The summed E-state index contributed by atoms with van der Waals surface area (Å²) in [5.41, 5.74) is 2.29. The fourth-order valence-corrected chi connectivity index (χ4v) is 1.94. The van der Waals surface area contributed by atoms with Gasteiger partial charge in [0.05, 0.1) is 4.92 Å². The Hall–Kier alpha value is -1.42. The number of aliphatic hydroxyl groups is 1. The molecule has 0 radical (unpaired) electrons. The number of hydrogen-bond acceptors (Lipinski definition) is 3. The highest BCUT2D eigenvalue weighted by Gasteiger charge is 2.22. The number of non-ortho nitro benzene ring substituents is 1. The highest BCUT2D eigenvalue weighted by atomic mass is 16.6. The average molecular weight is 193 g/mol. The van der Waals surface area contributed by atoms with Gasteiger partial charge in [-0.15, -0.1) is 0 Å². The van der Waals surface area contributed by atoms with Gasteiger partial charge in [0.1, 0.15) is 0 Å². The van der Waals surface area contributed by atoms with Crippen molar-refractivity contribution in [3.8, 4) is 0 Å². The van der Waals surface area contributed by atoms with Crippen molar-refractivity contribution in [2.24, 2.45) is 5.92 Å². The van der Waals surface area contributed by atoms with Crippen LogP contribution in [-0.4, -0.2) is 16.6 Å². The van der Waals surface area contributed by atoms with Crippen LogP contribution in [0, 0.1) is 16.0 Å². The summed E-state index contributed by atoms with van der Waals surface area (Å²) in [7, 11) is 0. The van der Waals surface area contributed by atoms with Gasteiger partial charge in [0.25, 0.3) is 5.69 Å². The summed E-state index contributed by atoms with van der Waals surface area (Å²) >= 11 is 0. The number of fused-ring (bicyclic) bond motifs is 1. The van der Waals surface area contributed by atoms with E-state index in [-0.39, 0.29) is 23.1 Å². The third kappa shape index (κ3) is 1.48. The van der Waals surface area contributed by atoms with E-state index < -0.39 is 0 Å². The largest absolute Gasteiger partial charge is 0.396 e. The molecule has 14 heavy (non-hydrogen) atoms. The minimum Gasteiger partial charge on any atom is -0.396 e. The lowest BCUT2D eigenvalue weighted by molar-refractivity contribution is -0.384. The molecule has 0 heterocycles. The molecule has 1 unspecified atom stereocenters. The van der Waals surface area contributed by atoms with Crippen molar-refractivity contribution in [1.82, 2.24) is 0 Å². The second-order valence-electron chi connectivity index (χ2n) is 3.67. The molecule has 4 heteroatoms. The lowest BCUT2D eigenvalue weighted by Gasteiger charge is -2.00. The quantitative estimate of drug-likeness (QED) is 0.568. The van der Waals surface area contributed by atoms with Gasteiger partial charge in [0.15, 0.2) is 0 Å². The Morgan fingerprint density at radius 1 is 1.43 bits per heavy atom. The molecule has 0 spiro atoms. The maximum Gasteiger partial charge on any atom is 0.269 e. The first-order chi connectivity index (χ1) is 6.70. The van der Waals surface area contributed by atoms with Crippen molar-refractivity contribution < 1.29 is 10.0 Å². The predicted molar refractivity (Wildman–Crippen MR) is 51.1 cm³/mol. The van der Waals surface area contributed by atoms with Gasteiger partial charge in [0, 0.05) is 18.7 Å². The zero-order chi connectivity index (χ0) is 10.1. The summed E-state index contributed by atoms with van der Waals surface area (Å²) in [6.45, 7) is 0.155. The van der Waals surface area contributed by atoms with Gasteiger partial charge in [-0.25, -0.2) is 0 Å². The predicted octanol–water partition coefficient (Wildman–Crippen LogP) is 1.30. The van der Waals surface area contributed by atoms with E-state index in [9.17, 15) is 10.1 Å². The van der Waals surface area contributed by atoms with E-state index >= 15 is 0 Å². The molecule has 0 aromatic heterocycles. The smallest absolute Gasteiger partial charge is 0.269 e. The van der Waals surface area contributed by atoms with Gasteiger partial charge in [0.2, 0.25) is 0 Å². The first-order valence-corrected chi connectivity index (χ1v) is 4.57. The van der Waals surface area contributed by atoms with Crippen LogP contribution in [0.1, 0.15) is 11.1 Å². The third-order valence-corrected chi connectivity index (χ3v) is 2.68. The summed E-state index contributed by atoms with van der Waals surface area (Å²) in [6.07, 6.45) is 1.59. The van der Waals surface area contributed by atoms with Crippen LogP contribution in [0.25, 0.3) is 0 Å². The van der Waals surface area contributed by atoms with Gasteiger partial charge >= 0.3 is 0 Å². The molecule has 0 saturated heterocycles. The van der Waals surface area contributed by atoms with E-state index in [1.807, 2.05) is 0 Å². The van der Waals surface area contributed by atoms with E-state index in [0.29, 0.717) is 0 Å². The lowest BCUT2D eigenvalue weighted by atomic mass is 10.1. The van der Waals surface area contributed by atoms with Crippen molar-refractivity contribution in [3.05, 3.63) is 39.4 Å². The standard InChI is InChI=1S/C10H11NO3/c12-6-7-3-8-1-2-10(11(13)14)5-9(8)4-7/h1-2,5,7,12H,3-4,6H2. The van der Waals surface area contributed by atoms with Gasteiger partial charge in [-0.2, -0.15) is 0 Å². The van der Waals surface area contributed by atoms with E-state index in [1.165, 1.54) is 6.07 Å². The van der Waals surface area contributed by atoms with Gasteiger partial charge in [-0.05, 0) is 29.9 Å². The molecule has 1 aromatic rings. The van der Waals surface area contributed by atoms with Gasteiger partial charge < -0.3 is 5.11 Å².